The van der Waals surface area contributed by atoms with E-state index in [9.17, 15) is 13.2 Å². The number of hydrogen-bond donors (Lipinski definition) is 0. The molecule has 0 bridgehead atoms. The third-order valence-corrected chi connectivity index (χ3v) is 5.49. The fourth-order valence-electron chi connectivity index (χ4n) is 2.58. The summed E-state index contributed by atoms with van der Waals surface area (Å²) in [5.41, 5.74) is 0.969. The Kier molecular flexibility index (Phi) is 3.40. The molecular weight excluding hydrogens is 294 g/mol. The van der Waals surface area contributed by atoms with E-state index in [0.29, 0.717) is 24.1 Å². The van der Waals surface area contributed by atoms with E-state index in [-0.39, 0.29) is 17.4 Å². The van der Waals surface area contributed by atoms with Gasteiger partial charge in [-0.1, -0.05) is 0 Å². The molecule has 1 fully saturated rings. The Hall–Kier alpha value is -1.96. The SMILES string of the molecule is COC(=O)c1ccn2c(C3CCS(=O)(=O)CC3)nnc2c1. The van der Waals surface area contributed by atoms with E-state index in [2.05, 4.69) is 14.9 Å². The van der Waals surface area contributed by atoms with Crippen molar-refractivity contribution in [1.29, 1.82) is 0 Å². The third kappa shape index (κ3) is 2.63. The summed E-state index contributed by atoms with van der Waals surface area (Å²) in [5, 5.41) is 8.22. The summed E-state index contributed by atoms with van der Waals surface area (Å²) >= 11 is 0. The topological polar surface area (TPSA) is 90.6 Å². The number of carbonyl (C=O) groups is 1. The Balaban J connectivity index is 1.93. The van der Waals surface area contributed by atoms with Gasteiger partial charge in [-0.15, -0.1) is 10.2 Å². The monoisotopic (exact) mass is 309 g/mol. The van der Waals surface area contributed by atoms with Crippen molar-refractivity contribution in [3.8, 4) is 0 Å². The highest BCUT2D eigenvalue weighted by molar-refractivity contribution is 7.91. The van der Waals surface area contributed by atoms with Crippen molar-refractivity contribution in [3.63, 3.8) is 0 Å². The molecule has 0 aliphatic carbocycles. The van der Waals surface area contributed by atoms with Crippen molar-refractivity contribution in [2.45, 2.75) is 18.8 Å². The highest BCUT2D eigenvalue weighted by atomic mass is 32.2. The van der Waals surface area contributed by atoms with Gasteiger partial charge in [0.2, 0.25) is 0 Å². The fraction of sp³-hybridized carbons (Fsp3) is 0.462. The molecule has 7 nitrogen and oxygen atoms in total. The first-order valence-corrected chi connectivity index (χ1v) is 8.46. The molecule has 1 saturated heterocycles. The first kappa shape index (κ1) is 14.0. The van der Waals surface area contributed by atoms with Gasteiger partial charge >= 0.3 is 5.97 Å². The van der Waals surface area contributed by atoms with Gasteiger partial charge < -0.3 is 4.74 Å². The molecule has 0 spiro atoms. The van der Waals surface area contributed by atoms with Crippen LogP contribution in [0.4, 0.5) is 0 Å². The Morgan fingerprint density at radius 3 is 2.71 bits per heavy atom. The second-order valence-electron chi connectivity index (χ2n) is 5.12. The number of methoxy groups -OCH3 is 1. The van der Waals surface area contributed by atoms with Crippen LogP contribution in [0.5, 0.6) is 0 Å². The van der Waals surface area contributed by atoms with E-state index in [0.717, 1.165) is 5.82 Å². The van der Waals surface area contributed by atoms with E-state index in [1.54, 1.807) is 22.7 Å². The van der Waals surface area contributed by atoms with E-state index >= 15 is 0 Å². The van der Waals surface area contributed by atoms with Gasteiger partial charge in [-0.3, -0.25) is 4.40 Å². The Bertz CT molecular complexity index is 783. The zero-order valence-electron chi connectivity index (χ0n) is 11.5. The van der Waals surface area contributed by atoms with Crippen LogP contribution in [-0.4, -0.2) is 47.6 Å². The summed E-state index contributed by atoms with van der Waals surface area (Å²) in [4.78, 5) is 11.5. The van der Waals surface area contributed by atoms with Crippen molar-refractivity contribution < 1.29 is 17.9 Å². The first-order chi connectivity index (χ1) is 10.00. The van der Waals surface area contributed by atoms with Crippen molar-refractivity contribution in [2.24, 2.45) is 0 Å². The smallest absolute Gasteiger partial charge is 0.338 e. The van der Waals surface area contributed by atoms with Crippen LogP contribution in [0, 0.1) is 0 Å². The number of fused-ring (bicyclic) bond motifs is 1. The molecule has 2 aromatic rings. The largest absolute Gasteiger partial charge is 0.465 e. The summed E-state index contributed by atoms with van der Waals surface area (Å²) < 4.78 is 29.4. The number of rotatable bonds is 2. The molecular formula is C13H15N3O4S. The van der Waals surface area contributed by atoms with Gasteiger partial charge in [0.25, 0.3) is 0 Å². The molecule has 0 radical (unpaired) electrons. The molecule has 8 heteroatoms. The van der Waals surface area contributed by atoms with Gasteiger partial charge in [-0.25, -0.2) is 13.2 Å². The summed E-state index contributed by atoms with van der Waals surface area (Å²) in [6, 6.07) is 3.26. The second kappa shape index (κ2) is 5.10. The molecule has 2 aromatic heterocycles. The number of esters is 1. The number of hydrogen-bond acceptors (Lipinski definition) is 6. The number of carbonyl (C=O) groups excluding carboxylic acids is 1. The van der Waals surface area contributed by atoms with Gasteiger partial charge in [0.1, 0.15) is 15.7 Å². The number of sulfone groups is 1. The molecule has 21 heavy (non-hydrogen) atoms. The van der Waals surface area contributed by atoms with Gasteiger partial charge in [0, 0.05) is 12.1 Å². The lowest BCUT2D eigenvalue weighted by molar-refractivity contribution is 0.0600. The van der Waals surface area contributed by atoms with Crippen molar-refractivity contribution in [2.75, 3.05) is 18.6 Å². The molecule has 112 valence electrons. The maximum absolute atomic E-state index is 11.5. The zero-order valence-corrected chi connectivity index (χ0v) is 12.3. The van der Waals surface area contributed by atoms with Crippen LogP contribution in [0.15, 0.2) is 18.3 Å². The quantitative estimate of drug-likeness (QED) is 0.762. The van der Waals surface area contributed by atoms with Crippen LogP contribution in [0.25, 0.3) is 5.65 Å². The minimum atomic E-state index is -2.90. The predicted octanol–water partition coefficient (Wildman–Crippen LogP) is 0.808. The maximum atomic E-state index is 11.5. The van der Waals surface area contributed by atoms with Crippen LogP contribution >= 0.6 is 0 Å². The molecule has 0 amide bonds. The van der Waals surface area contributed by atoms with Crippen molar-refractivity contribution in [1.82, 2.24) is 14.6 Å². The van der Waals surface area contributed by atoms with Gasteiger partial charge in [-0.05, 0) is 25.0 Å². The molecule has 1 aliphatic rings. The standard InChI is InChI=1S/C13H15N3O4S/c1-20-13(17)10-2-5-16-11(8-10)14-15-12(16)9-3-6-21(18,19)7-4-9/h2,5,8-9H,3-4,6-7H2,1H3. The van der Waals surface area contributed by atoms with Crippen LogP contribution in [0.2, 0.25) is 0 Å². The lowest BCUT2D eigenvalue weighted by Gasteiger charge is -2.20. The number of aromatic nitrogens is 3. The third-order valence-electron chi connectivity index (χ3n) is 3.78. The molecule has 0 aromatic carbocycles. The second-order valence-corrected chi connectivity index (χ2v) is 7.42. The maximum Gasteiger partial charge on any atom is 0.338 e. The minimum Gasteiger partial charge on any atom is -0.465 e. The van der Waals surface area contributed by atoms with Gasteiger partial charge in [0.05, 0.1) is 24.2 Å². The zero-order chi connectivity index (χ0) is 15.0. The number of nitrogens with zero attached hydrogens (tertiary/aromatic N) is 3. The molecule has 0 atom stereocenters. The predicted molar refractivity (Wildman–Crippen MR) is 75.0 cm³/mol. The summed E-state index contributed by atoms with van der Waals surface area (Å²) in [7, 11) is -1.58. The minimum absolute atomic E-state index is 0.0764. The van der Waals surface area contributed by atoms with Crippen molar-refractivity contribution >= 4 is 21.5 Å². The number of pyridine rings is 1. The number of ether oxygens (including phenoxy) is 1. The van der Waals surface area contributed by atoms with Crippen molar-refractivity contribution in [3.05, 3.63) is 29.7 Å². The van der Waals surface area contributed by atoms with Crippen LogP contribution in [0.3, 0.4) is 0 Å². The first-order valence-electron chi connectivity index (χ1n) is 6.63. The Labute approximate surface area is 121 Å². The summed E-state index contributed by atoms with van der Waals surface area (Å²) in [6.07, 6.45) is 2.84. The van der Waals surface area contributed by atoms with E-state index in [1.165, 1.54) is 7.11 Å². The lowest BCUT2D eigenvalue weighted by Crippen LogP contribution is -2.23. The molecule has 3 rings (SSSR count). The highest BCUT2D eigenvalue weighted by Crippen LogP contribution is 2.28. The fourth-order valence-corrected chi connectivity index (χ4v) is 4.07. The average molecular weight is 309 g/mol. The molecule has 0 unspecified atom stereocenters. The van der Waals surface area contributed by atoms with Crippen LogP contribution < -0.4 is 0 Å². The summed E-state index contributed by atoms with van der Waals surface area (Å²) in [5.74, 6) is 0.772. The molecule has 0 saturated carbocycles. The van der Waals surface area contributed by atoms with Gasteiger partial charge in [-0.2, -0.15) is 0 Å². The summed E-state index contributed by atoms with van der Waals surface area (Å²) in [6.45, 7) is 0. The molecule has 1 aliphatic heterocycles. The Morgan fingerprint density at radius 1 is 1.33 bits per heavy atom. The average Bonchev–Trinajstić information content (AvgIpc) is 2.89. The van der Waals surface area contributed by atoms with E-state index < -0.39 is 15.8 Å². The lowest BCUT2D eigenvalue weighted by atomic mass is 10.0. The van der Waals surface area contributed by atoms with E-state index in [1.807, 2.05) is 0 Å². The van der Waals surface area contributed by atoms with E-state index in [4.69, 9.17) is 0 Å². The Morgan fingerprint density at radius 2 is 2.05 bits per heavy atom. The van der Waals surface area contributed by atoms with Gasteiger partial charge in [0.15, 0.2) is 5.65 Å². The molecule has 0 N–H and O–H groups in total. The highest BCUT2D eigenvalue weighted by Gasteiger charge is 2.28. The normalized spacial score (nSPS) is 18.7. The van der Waals surface area contributed by atoms with Crippen LogP contribution in [-0.2, 0) is 14.6 Å². The van der Waals surface area contributed by atoms with Crippen LogP contribution in [0.1, 0.15) is 34.9 Å². The molecule has 3 heterocycles.